The van der Waals surface area contributed by atoms with Crippen molar-refractivity contribution >= 4 is 0 Å². The third kappa shape index (κ3) is 4.79. The van der Waals surface area contributed by atoms with Crippen molar-refractivity contribution in [3.8, 4) is 5.75 Å². The Morgan fingerprint density at radius 2 is 2.21 bits per heavy atom. The molecule has 0 aliphatic carbocycles. The fourth-order valence-electron chi connectivity index (χ4n) is 3.31. The van der Waals surface area contributed by atoms with Crippen molar-refractivity contribution in [2.45, 2.75) is 39.0 Å². The van der Waals surface area contributed by atoms with Gasteiger partial charge in [0.1, 0.15) is 12.4 Å². The zero-order valence-electron chi connectivity index (χ0n) is 14.4. The Hall–Kier alpha value is -1.91. The summed E-state index contributed by atoms with van der Waals surface area (Å²) in [5, 5.41) is 3.60. The molecule has 1 unspecified atom stereocenters. The molecule has 1 fully saturated rings. The van der Waals surface area contributed by atoms with Crippen LogP contribution in [-0.2, 0) is 13.2 Å². The molecule has 1 saturated heterocycles. The molecule has 4 nitrogen and oxygen atoms in total. The normalized spacial score (nSPS) is 18.0. The van der Waals surface area contributed by atoms with Gasteiger partial charge in [-0.3, -0.25) is 9.88 Å². The maximum atomic E-state index is 5.85. The maximum Gasteiger partial charge on any atom is 0.130 e. The molecule has 1 aromatic carbocycles. The minimum Gasteiger partial charge on any atom is -0.487 e. The van der Waals surface area contributed by atoms with Crippen LogP contribution in [0.5, 0.6) is 5.75 Å². The summed E-state index contributed by atoms with van der Waals surface area (Å²) in [6.45, 7) is 7.11. The van der Waals surface area contributed by atoms with Gasteiger partial charge in [0.25, 0.3) is 0 Å². The van der Waals surface area contributed by atoms with E-state index in [2.05, 4.69) is 40.3 Å². The van der Waals surface area contributed by atoms with Crippen molar-refractivity contribution in [3.05, 3.63) is 59.9 Å². The Kier molecular flexibility index (Phi) is 6.21. The number of nitrogens with one attached hydrogen (secondary N) is 1. The average Bonchev–Trinajstić information content (AvgIpc) is 3.09. The molecular formula is C20H27N3O. The van der Waals surface area contributed by atoms with Crippen LogP contribution in [0.3, 0.4) is 0 Å². The summed E-state index contributed by atoms with van der Waals surface area (Å²) in [4.78, 5) is 6.85. The van der Waals surface area contributed by atoms with Crippen molar-refractivity contribution in [2.75, 3.05) is 19.6 Å². The fraction of sp³-hybridized carbons (Fsp3) is 0.450. The van der Waals surface area contributed by atoms with Crippen LogP contribution in [0.2, 0.25) is 0 Å². The van der Waals surface area contributed by atoms with Gasteiger partial charge in [-0.1, -0.05) is 25.1 Å². The predicted octanol–water partition coefficient (Wildman–Crippen LogP) is 3.23. The molecule has 4 heteroatoms. The molecule has 24 heavy (non-hydrogen) atoms. The number of hydrogen-bond acceptors (Lipinski definition) is 4. The second-order valence-electron chi connectivity index (χ2n) is 6.31. The summed E-state index contributed by atoms with van der Waals surface area (Å²) in [6.07, 6.45) is 4.44. The van der Waals surface area contributed by atoms with E-state index in [0.717, 1.165) is 31.1 Å². The molecule has 0 bridgehead atoms. The number of likely N-dealkylation sites (N-methyl/N-ethyl adjacent to an activating group) is 1. The zero-order chi connectivity index (χ0) is 16.6. The van der Waals surface area contributed by atoms with E-state index in [4.69, 9.17) is 4.74 Å². The summed E-state index contributed by atoms with van der Waals surface area (Å²) < 4.78 is 5.85. The Morgan fingerprint density at radius 1 is 1.25 bits per heavy atom. The van der Waals surface area contributed by atoms with Crippen LogP contribution < -0.4 is 10.1 Å². The van der Waals surface area contributed by atoms with Crippen molar-refractivity contribution in [1.82, 2.24) is 15.2 Å². The second kappa shape index (κ2) is 8.81. The molecule has 0 radical (unpaired) electrons. The number of rotatable bonds is 8. The molecular weight excluding hydrogens is 298 g/mol. The molecule has 0 amide bonds. The molecule has 128 valence electrons. The highest BCUT2D eigenvalue weighted by molar-refractivity contribution is 5.28. The van der Waals surface area contributed by atoms with Crippen molar-refractivity contribution < 1.29 is 4.74 Å². The van der Waals surface area contributed by atoms with Gasteiger partial charge in [-0.25, -0.2) is 0 Å². The summed E-state index contributed by atoms with van der Waals surface area (Å²) in [6, 6.07) is 14.9. The lowest BCUT2D eigenvalue weighted by atomic mass is 10.2. The van der Waals surface area contributed by atoms with Crippen molar-refractivity contribution in [3.63, 3.8) is 0 Å². The highest BCUT2D eigenvalue weighted by atomic mass is 16.5. The Bertz CT molecular complexity index is 617. The predicted molar refractivity (Wildman–Crippen MR) is 97.0 cm³/mol. The molecule has 1 aliphatic rings. The third-order valence-electron chi connectivity index (χ3n) is 4.63. The van der Waals surface area contributed by atoms with E-state index < -0.39 is 0 Å². The van der Waals surface area contributed by atoms with Gasteiger partial charge in [0.15, 0.2) is 0 Å². The van der Waals surface area contributed by atoms with Crippen LogP contribution in [0.15, 0.2) is 48.7 Å². The van der Waals surface area contributed by atoms with Gasteiger partial charge in [0.2, 0.25) is 0 Å². The second-order valence-corrected chi connectivity index (χ2v) is 6.31. The summed E-state index contributed by atoms with van der Waals surface area (Å²) >= 11 is 0. The Morgan fingerprint density at radius 3 is 3.04 bits per heavy atom. The Balaban J connectivity index is 1.46. The van der Waals surface area contributed by atoms with Gasteiger partial charge in [0, 0.05) is 25.3 Å². The minimum atomic E-state index is 0.505. The molecule has 0 saturated carbocycles. The van der Waals surface area contributed by atoms with E-state index in [1.807, 2.05) is 24.3 Å². The van der Waals surface area contributed by atoms with Gasteiger partial charge < -0.3 is 10.1 Å². The molecule has 1 atom stereocenters. The van der Waals surface area contributed by atoms with Crippen LogP contribution in [-0.4, -0.2) is 35.6 Å². The number of likely N-dealkylation sites (tertiary alicyclic amines) is 1. The molecule has 1 N–H and O–H groups in total. The minimum absolute atomic E-state index is 0.505. The first kappa shape index (κ1) is 16.9. The molecule has 1 aromatic heterocycles. The largest absolute Gasteiger partial charge is 0.487 e. The van der Waals surface area contributed by atoms with E-state index in [1.165, 1.54) is 24.9 Å². The molecule has 3 rings (SSSR count). The standard InChI is InChI=1S/C20H27N3O/c1-2-23-12-6-9-19(23)15-21-14-17-7-5-10-20(13-17)24-16-18-8-3-4-11-22-18/h3-5,7-8,10-11,13,19,21H,2,6,9,12,14-16H2,1H3. The summed E-state index contributed by atoms with van der Waals surface area (Å²) in [5.41, 5.74) is 2.21. The van der Waals surface area contributed by atoms with Crippen LogP contribution >= 0.6 is 0 Å². The first-order valence-electron chi connectivity index (χ1n) is 8.91. The molecule has 2 heterocycles. The van der Waals surface area contributed by atoms with Gasteiger partial charge in [-0.05, 0) is 55.8 Å². The number of hydrogen-bond donors (Lipinski definition) is 1. The SMILES string of the molecule is CCN1CCCC1CNCc1cccc(OCc2ccccn2)c1. The van der Waals surface area contributed by atoms with E-state index in [1.54, 1.807) is 6.20 Å². The maximum absolute atomic E-state index is 5.85. The van der Waals surface area contributed by atoms with E-state index >= 15 is 0 Å². The summed E-state index contributed by atoms with van der Waals surface area (Å²) in [7, 11) is 0. The fourth-order valence-corrected chi connectivity index (χ4v) is 3.31. The first-order chi connectivity index (χ1) is 11.8. The van der Waals surface area contributed by atoms with Crippen LogP contribution in [0.4, 0.5) is 0 Å². The van der Waals surface area contributed by atoms with Crippen LogP contribution in [0.1, 0.15) is 31.0 Å². The lowest BCUT2D eigenvalue weighted by molar-refractivity contribution is 0.260. The van der Waals surface area contributed by atoms with E-state index in [9.17, 15) is 0 Å². The number of benzene rings is 1. The van der Waals surface area contributed by atoms with Gasteiger partial charge in [-0.2, -0.15) is 0 Å². The smallest absolute Gasteiger partial charge is 0.130 e. The number of pyridine rings is 1. The lowest BCUT2D eigenvalue weighted by Crippen LogP contribution is -2.37. The monoisotopic (exact) mass is 325 g/mol. The number of aromatic nitrogens is 1. The van der Waals surface area contributed by atoms with Crippen LogP contribution in [0, 0.1) is 0 Å². The average molecular weight is 325 g/mol. The lowest BCUT2D eigenvalue weighted by Gasteiger charge is -2.23. The topological polar surface area (TPSA) is 37.4 Å². The van der Waals surface area contributed by atoms with Crippen molar-refractivity contribution in [1.29, 1.82) is 0 Å². The highest BCUT2D eigenvalue weighted by Crippen LogP contribution is 2.17. The molecule has 0 spiro atoms. The van der Waals surface area contributed by atoms with E-state index in [0.29, 0.717) is 12.6 Å². The van der Waals surface area contributed by atoms with Gasteiger partial charge >= 0.3 is 0 Å². The van der Waals surface area contributed by atoms with E-state index in [-0.39, 0.29) is 0 Å². The third-order valence-corrected chi connectivity index (χ3v) is 4.63. The number of ether oxygens (including phenoxy) is 1. The van der Waals surface area contributed by atoms with Crippen molar-refractivity contribution in [2.24, 2.45) is 0 Å². The zero-order valence-corrected chi connectivity index (χ0v) is 14.4. The quantitative estimate of drug-likeness (QED) is 0.808. The molecule has 1 aliphatic heterocycles. The van der Waals surface area contributed by atoms with Gasteiger partial charge in [0.05, 0.1) is 5.69 Å². The van der Waals surface area contributed by atoms with Gasteiger partial charge in [-0.15, -0.1) is 0 Å². The van der Waals surface area contributed by atoms with Crippen LogP contribution in [0.25, 0.3) is 0 Å². The summed E-state index contributed by atoms with van der Waals surface area (Å²) in [5.74, 6) is 0.899. The number of nitrogens with zero attached hydrogens (tertiary/aromatic N) is 2. The first-order valence-corrected chi connectivity index (χ1v) is 8.91. The molecule has 2 aromatic rings. The highest BCUT2D eigenvalue weighted by Gasteiger charge is 2.21. The Labute approximate surface area is 144 Å².